The molecule has 1 saturated heterocycles. The Hall–Kier alpha value is -4.83. The highest BCUT2D eigenvalue weighted by Crippen LogP contribution is 2.40. The summed E-state index contributed by atoms with van der Waals surface area (Å²) in [5.41, 5.74) is 4.68. The van der Waals surface area contributed by atoms with Crippen LogP contribution in [0.25, 0.3) is 49.7 Å². The molecule has 2 aromatic carbocycles. The number of aromatic amines is 1. The Morgan fingerprint density at radius 2 is 1.80 bits per heavy atom. The molecule has 3 N–H and O–H groups in total. The third kappa shape index (κ3) is 4.55. The van der Waals surface area contributed by atoms with E-state index in [1.165, 1.54) is 0 Å². The van der Waals surface area contributed by atoms with Crippen LogP contribution in [0.5, 0.6) is 5.75 Å². The molecule has 10 nitrogen and oxygen atoms in total. The maximum atomic E-state index is 13.7. The van der Waals surface area contributed by atoms with Crippen LogP contribution >= 0.6 is 0 Å². The normalized spacial score (nSPS) is 15.0. The van der Waals surface area contributed by atoms with E-state index in [1.54, 1.807) is 32.1 Å². The average Bonchev–Trinajstić information content (AvgIpc) is 3.33. The minimum absolute atomic E-state index is 0.0232. The number of pyridine rings is 1. The monoisotopic (exact) mass is 549 g/mol. The molecule has 0 saturated carbocycles. The number of aliphatic hydroxyl groups excluding tert-OH is 1. The van der Waals surface area contributed by atoms with Crippen molar-refractivity contribution in [3.63, 3.8) is 0 Å². The number of fused-ring (bicyclic) bond motifs is 4. The van der Waals surface area contributed by atoms with Crippen molar-refractivity contribution in [1.82, 2.24) is 29.7 Å². The summed E-state index contributed by atoms with van der Waals surface area (Å²) in [7, 11) is 3.60. The first-order valence-electron chi connectivity index (χ1n) is 13.5. The molecule has 1 fully saturated rings. The minimum atomic E-state index is -0.211. The lowest BCUT2D eigenvalue weighted by Gasteiger charge is -2.31. The van der Waals surface area contributed by atoms with E-state index in [1.807, 2.05) is 49.5 Å². The summed E-state index contributed by atoms with van der Waals surface area (Å²) in [6.45, 7) is 5.97. The fourth-order valence-corrected chi connectivity index (χ4v) is 5.60. The molecule has 3 aromatic heterocycles. The minimum Gasteiger partial charge on any atom is -0.512 e. The highest BCUT2D eigenvalue weighted by Gasteiger charge is 2.26. The molecule has 10 heteroatoms. The van der Waals surface area contributed by atoms with Gasteiger partial charge >= 0.3 is 0 Å². The second-order valence-electron chi connectivity index (χ2n) is 10.4. The van der Waals surface area contributed by atoms with Gasteiger partial charge in [0.15, 0.2) is 0 Å². The number of H-pyrrole nitrogens is 1. The van der Waals surface area contributed by atoms with Gasteiger partial charge in [0, 0.05) is 71.1 Å². The SMILES string of the molecule is COc1cc2c(cc1/C(C(C)=N)=C(\C)O)[nH]c1nc(C(=O)N3CCN(C)CC3)nc(-c3ccnc4ccccc34)c12. The fraction of sp³-hybridized carbons (Fsp3) is 0.258. The number of methoxy groups -OCH3 is 1. The van der Waals surface area contributed by atoms with E-state index in [0.717, 1.165) is 40.3 Å². The Balaban J connectivity index is 1.65. The predicted molar refractivity (Wildman–Crippen MR) is 161 cm³/mol. The number of para-hydroxylation sites is 1. The number of hydrogen-bond donors (Lipinski definition) is 3. The van der Waals surface area contributed by atoms with Gasteiger partial charge in [-0.25, -0.2) is 9.97 Å². The maximum absolute atomic E-state index is 13.7. The lowest BCUT2D eigenvalue weighted by atomic mass is 9.97. The molecule has 41 heavy (non-hydrogen) atoms. The number of hydrogen-bond acceptors (Lipinski definition) is 8. The van der Waals surface area contributed by atoms with E-state index in [4.69, 9.17) is 20.1 Å². The van der Waals surface area contributed by atoms with Crippen LogP contribution in [0.4, 0.5) is 0 Å². The number of ether oxygens (including phenoxy) is 1. The topological polar surface area (TPSA) is 131 Å². The molecule has 0 radical (unpaired) electrons. The van der Waals surface area contributed by atoms with Gasteiger partial charge < -0.3 is 30.0 Å². The summed E-state index contributed by atoms with van der Waals surface area (Å²) in [5, 5.41) is 21.1. The molecule has 0 aliphatic carbocycles. The molecule has 0 spiro atoms. The second kappa shape index (κ2) is 10.3. The highest BCUT2D eigenvalue weighted by atomic mass is 16.5. The van der Waals surface area contributed by atoms with E-state index in [0.29, 0.717) is 46.8 Å². The Labute approximate surface area is 236 Å². The third-order valence-corrected chi connectivity index (χ3v) is 7.66. The summed E-state index contributed by atoms with van der Waals surface area (Å²) in [6, 6.07) is 13.5. The van der Waals surface area contributed by atoms with Crippen molar-refractivity contribution < 1.29 is 14.6 Å². The number of aromatic nitrogens is 4. The van der Waals surface area contributed by atoms with Crippen LogP contribution in [0, 0.1) is 5.41 Å². The number of nitrogens with zero attached hydrogens (tertiary/aromatic N) is 5. The highest BCUT2D eigenvalue weighted by molar-refractivity contribution is 6.24. The standard InChI is InChI=1S/C31H31N7O3/c1-17(32)26(18(2)39)22-15-24-21(16-25(22)41-4)27-28(20-9-10-33-23-8-6-5-7-19(20)23)35-30(36-29(27)34-24)31(40)38-13-11-37(3)12-14-38/h5-10,15-16,32,39H,11-14H2,1-4H3,(H,34,35,36)/b26-18+,32-17?. The molecule has 1 aliphatic rings. The Kier molecular flexibility index (Phi) is 6.63. The molecule has 6 rings (SSSR count). The first-order valence-corrected chi connectivity index (χ1v) is 13.5. The van der Waals surface area contributed by atoms with Gasteiger partial charge in [0.25, 0.3) is 5.91 Å². The van der Waals surface area contributed by atoms with Gasteiger partial charge in [-0.15, -0.1) is 0 Å². The van der Waals surface area contributed by atoms with Crippen molar-refractivity contribution >= 4 is 50.0 Å². The maximum Gasteiger partial charge on any atom is 0.291 e. The van der Waals surface area contributed by atoms with Crippen molar-refractivity contribution in [2.75, 3.05) is 40.3 Å². The van der Waals surface area contributed by atoms with Crippen molar-refractivity contribution in [2.45, 2.75) is 13.8 Å². The van der Waals surface area contributed by atoms with Crippen LogP contribution in [0.3, 0.4) is 0 Å². The number of nitrogens with one attached hydrogen (secondary N) is 2. The van der Waals surface area contributed by atoms with E-state index in [2.05, 4.69) is 14.9 Å². The van der Waals surface area contributed by atoms with Gasteiger partial charge in [-0.05, 0) is 45.2 Å². The largest absolute Gasteiger partial charge is 0.512 e. The molecule has 1 amide bonds. The number of rotatable bonds is 5. The molecule has 0 unspecified atom stereocenters. The molecule has 4 heterocycles. The smallest absolute Gasteiger partial charge is 0.291 e. The summed E-state index contributed by atoms with van der Waals surface area (Å²) in [4.78, 5) is 35.3. The molecule has 1 aliphatic heterocycles. The van der Waals surface area contributed by atoms with Crippen LogP contribution in [0.2, 0.25) is 0 Å². The molecule has 0 bridgehead atoms. The van der Waals surface area contributed by atoms with Crippen LogP contribution in [-0.2, 0) is 0 Å². The van der Waals surface area contributed by atoms with Gasteiger partial charge in [0.2, 0.25) is 5.82 Å². The first kappa shape index (κ1) is 26.4. The summed E-state index contributed by atoms with van der Waals surface area (Å²) < 4.78 is 5.75. The van der Waals surface area contributed by atoms with Crippen LogP contribution in [0.15, 0.2) is 54.4 Å². The van der Waals surface area contributed by atoms with Gasteiger partial charge in [-0.2, -0.15) is 0 Å². The molecular formula is C31H31N7O3. The lowest BCUT2D eigenvalue weighted by Crippen LogP contribution is -2.47. The van der Waals surface area contributed by atoms with Gasteiger partial charge in [0.05, 0.1) is 29.5 Å². The molecule has 5 aromatic rings. The Morgan fingerprint density at radius 1 is 1.05 bits per heavy atom. The van der Waals surface area contributed by atoms with E-state index in [9.17, 15) is 9.90 Å². The van der Waals surface area contributed by atoms with Gasteiger partial charge in [-0.1, -0.05) is 18.2 Å². The number of carbonyl (C=O) groups is 1. The zero-order valence-electron chi connectivity index (χ0n) is 23.4. The average molecular weight is 550 g/mol. The van der Waals surface area contributed by atoms with Crippen molar-refractivity contribution in [1.29, 1.82) is 5.41 Å². The number of carbonyl (C=O) groups excluding carboxylic acids is 1. The van der Waals surface area contributed by atoms with Crippen molar-refractivity contribution in [2.24, 2.45) is 0 Å². The molecular weight excluding hydrogens is 518 g/mol. The van der Waals surface area contributed by atoms with Crippen LogP contribution in [-0.4, -0.2) is 86.8 Å². The summed E-state index contributed by atoms with van der Waals surface area (Å²) in [5.74, 6) is 0.433. The van der Waals surface area contributed by atoms with E-state index in [-0.39, 0.29) is 23.2 Å². The predicted octanol–water partition coefficient (Wildman–Crippen LogP) is 5.05. The van der Waals surface area contributed by atoms with Gasteiger partial charge in [0.1, 0.15) is 11.4 Å². The summed E-state index contributed by atoms with van der Waals surface area (Å²) >= 11 is 0. The number of amides is 1. The molecule has 208 valence electrons. The fourth-order valence-electron chi connectivity index (χ4n) is 5.60. The summed E-state index contributed by atoms with van der Waals surface area (Å²) in [6.07, 6.45) is 1.75. The van der Waals surface area contributed by atoms with Crippen LogP contribution in [0.1, 0.15) is 30.0 Å². The number of allylic oxidation sites excluding steroid dienone is 2. The van der Waals surface area contributed by atoms with Crippen LogP contribution < -0.4 is 4.74 Å². The van der Waals surface area contributed by atoms with Crippen molar-refractivity contribution in [3.05, 3.63) is 65.8 Å². The number of aliphatic hydroxyl groups is 1. The Bertz CT molecular complexity index is 1870. The van der Waals surface area contributed by atoms with E-state index < -0.39 is 0 Å². The zero-order chi connectivity index (χ0) is 28.8. The quantitative estimate of drug-likeness (QED) is 0.206. The third-order valence-electron chi connectivity index (χ3n) is 7.66. The number of likely N-dealkylation sites (N-methyl/N-ethyl adjacent to an activating group) is 1. The second-order valence-corrected chi connectivity index (χ2v) is 10.4. The molecule has 0 atom stereocenters. The number of benzene rings is 2. The first-order chi connectivity index (χ1) is 19.8. The van der Waals surface area contributed by atoms with Crippen molar-refractivity contribution in [3.8, 4) is 17.0 Å². The Morgan fingerprint density at radius 3 is 2.51 bits per heavy atom. The zero-order valence-corrected chi connectivity index (χ0v) is 23.4. The van der Waals surface area contributed by atoms with E-state index >= 15 is 0 Å². The number of piperazine rings is 1. The lowest BCUT2D eigenvalue weighted by molar-refractivity contribution is 0.0652. The van der Waals surface area contributed by atoms with Gasteiger partial charge in [-0.3, -0.25) is 9.78 Å².